The Morgan fingerprint density at radius 3 is 2.29 bits per heavy atom. The number of benzene rings is 2. The van der Waals surface area contributed by atoms with Gasteiger partial charge in [0.05, 0.1) is 18.6 Å². The van der Waals surface area contributed by atoms with E-state index in [2.05, 4.69) is 15.9 Å². The molecule has 0 aromatic heterocycles. The molecule has 1 unspecified atom stereocenters. The van der Waals surface area contributed by atoms with Crippen LogP contribution in [0.25, 0.3) is 0 Å². The standard InChI is InChI=1S/C17H18BrClO2/c1-11(2)21-14-7-4-12(5-8-14)17(19)15-9-6-13(18)10-16(15)20-3/h4-11,17H,1-3H3. The van der Waals surface area contributed by atoms with E-state index in [0.717, 1.165) is 27.1 Å². The maximum absolute atomic E-state index is 6.59. The van der Waals surface area contributed by atoms with Gasteiger partial charge in [-0.15, -0.1) is 11.6 Å². The third-order valence-corrected chi connectivity index (χ3v) is 3.99. The van der Waals surface area contributed by atoms with Crippen LogP contribution in [-0.2, 0) is 0 Å². The minimum Gasteiger partial charge on any atom is -0.496 e. The van der Waals surface area contributed by atoms with E-state index in [-0.39, 0.29) is 11.5 Å². The molecule has 4 heteroatoms. The van der Waals surface area contributed by atoms with E-state index in [4.69, 9.17) is 21.1 Å². The molecular formula is C17H18BrClO2. The summed E-state index contributed by atoms with van der Waals surface area (Å²) >= 11 is 10.0. The number of ether oxygens (including phenoxy) is 2. The molecule has 0 aliphatic heterocycles. The number of halogens is 2. The van der Waals surface area contributed by atoms with Gasteiger partial charge < -0.3 is 9.47 Å². The lowest BCUT2D eigenvalue weighted by atomic mass is 10.0. The maximum Gasteiger partial charge on any atom is 0.125 e. The summed E-state index contributed by atoms with van der Waals surface area (Å²) in [7, 11) is 1.65. The van der Waals surface area contributed by atoms with Gasteiger partial charge in [0.1, 0.15) is 11.5 Å². The molecule has 0 amide bonds. The van der Waals surface area contributed by atoms with Crippen molar-refractivity contribution in [1.29, 1.82) is 0 Å². The van der Waals surface area contributed by atoms with Gasteiger partial charge in [-0.05, 0) is 43.7 Å². The summed E-state index contributed by atoms with van der Waals surface area (Å²) in [5, 5.41) is -0.263. The number of hydrogen-bond acceptors (Lipinski definition) is 2. The first-order valence-corrected chi connectivity index (χ1v) is 7.98. The Bertz CT molecular complexity index is 596. The van der Waals surface area contributed by atoms with Crippen molar-refractivity contribution >= 4 is 27.5 Å². The zero-order valence-electron chi connectivity index (χ0n) is 12.3. The summed E-state index contributed by atoms with van der Waals surface area (Å²) in [5.41, 5.74) is 1.95. The van der Waals surface area contributed by atoms with Crippen LogP contribution in [0.1, 0.15) is 30.4 Å². The second-order valence-electron chi connectivity index (χ2n) is 4.98. The molecule has 2 rings (SSSR count). The zero-order valence-corrected chi connectivity index (χ0v) is 14.6. The van der Waals surface area contributed by atoms with Crippen LogP contribution in [0.15, 0.2) is 46.9 Å². The molecule has 0 saturated carbocycles. The van der Waals surface area contributed by atoms with Crippen LogP contribution in [0, 0.1) is 0 Å². The molecule has 0 aliphatic rings. The predicted molar refractivity (Wildman–Crippen MR) is 90.6 cm³/mol. The van der Waals surface area contributed by atoms with Crippen molar-refractivity contribution in [3.8, 4) is 11.5 Å². The van der Waals surface area contributed by atoms with Gasteiger partial charge in [-0.2, -0.15) is 0 Å². The number of alkyl halides is 1. The SMILES string of the molecule is COc1cc(Br)ccc1C(Cl)c1ccc(OC(C)C)cc1. The fourth-order valence-corrected chi connectivity index (χ4v) is 2.73. The van der Waals surface area contributed by atoms with Gasteiger partial charge in [0.25, 0.3) is 0 Å². The molecular weight excluding hydrogens is 352 g/mol. The van der Waals surface area contributed by atoms with Crippen LogP contribution in [0.4, 0.5) is 0 Å². The van der Waals surface area contributed by atoms with E-state index in [9.17, 15) is 0 Å². The third-order valence-electron chi connectivity index (χ3n) is 3.01. The predicted octanol–water partition coefficient (Wildman–Crippen LogP) is 5.57. The molecule has 0 heterocycles. The summed E-state index contributed by atoms with van der Waals surface area (Å²) in [6.45, 7) is 4.01. The molecule has 0 radical (unpaired) electrons. The van der Waals surface area contributed by atoms with Crippen molar-refractivity contribution in [2.45, 2.75) is 25.3 Å². The molecule has 0 bridgehead atoms. The first-order valence-electron chi connectivity index (χ1n) is 6.75. The Labute approximate surface area is 139 Å². The summed E-state index contributed by atoms with van der Waals surface area (Å²) in [6.07, 6.45) is 0.161. The van der Waals surface area contributed by atoms with Gasteiger partial charge in [0, 0.05) is 10.0 Å². The summed E-state index contributed by atoms with van der Waals surface area (Å²) < 4.78 is 12.0. The molecule has 2 aromatic carbocycles. The fraction of sp³-hybridized carbons (Fsp3) is 0.294. The Balaban J connectivity index is 2.25. The Kier molecular flexibility index (Phi) is 5.54. The van der Waals surface area contributed by atoms with E-state index in [1.54, 1.807) is 7.11 Å². The number of hydrogen-bond donors (Lipinski definition) is 0. The van der Waals surface area contributed by atoms with Gasteiger partial charge >= 0.3 is 0 Å². The molecule has 1 atom stereocenters. The molecule has 0 fully saturated rings. The third kappa shape index (κ3) is 4.14. The van der Waals surface area contributed by atoms with Crippen LogP contribution in [0.5, 0.6) is 11.5 Å². The monoisotopic (exact) mass is 368 g/mol. The Morgan fingerprint density at radius 2 is 1.71 bits per heavy atom. The van der Waals surface area contributed by atoms with Crippen molar-refractivity contribution in [2.24, 2.45) is 0 Å². The first-order chi connectivity index (χ1) is 10.0. The Hall–Kier alpha value is -1.19. The highest BCUT2D eigenvalue weighted by Gasteiger charge is 2.16. The highest BCUT2D eigenvalue weighted by Crippen LogP contribution is 2.37. The molecule has 112 valence electrons. The molecule has 0 aliphatic carbocycles. The topological polar surface area (TPSA) is 18.5 Å². The molecule has 21 heavy (non-hydrogen) atoms. The van der Waals surface area contributed by atoms with Crippen molar-refractivity contribution in [3.05, 3.63) is 58.1 Å². The second-order valence-corrected chi connectivity index (χ2v) is 6.34. The quantitative estimate of drug-likeness (QED) is 0.641. The summed E-state index contributed by atoms with van der Waals surface area (Å²) in [4.78, 5) is 0. The summed E-state index contributed by atoms with van der Waals surface area (Å²) in [6, 6.07) is 13.7. The average Bonchev–Trinajstić information content (AvgIpc) is 2.46. The van der Waals surface area contributed by atoms with E-state index in [1.165, 1.54) is 0 Å². The maximum atomic E-state index is 6.59. The van der Waals surface area contributed by atoms with E-state index >= 15 is 0 Å². The average molecular weight is 370 g/mol. The van der Waals surface area contributed by atoms with Crippen LogP contribution in [-0.4, -0.2) is 13.2 Å². The largest absolute Gasteiger partial charge is 0.496 e. The van der Waals surface area contributed by atoms with Crippen molar-refractivity contribution < 1.29 is 9.47 Å². The highest BCUT2D eigenvalue weighted by molar-refractivity contribution is 9.10. The number of rotatable bonds is 5. The zero-order chi connectivity index (χ0) is 15.4. The van der Waals surface area contributed by atoms with Gasteiger partial charge in [-0.3, -0.25) is 0 Å². The minimum absolute atomic E-state index is 0.161. The smallest absolute Gasteiger partial charge is 0.125 e. The molecule has 2 nitrogen and oxygen atoms in total. The molecule has 0 N–H and O–H groups in total. The van der Waals surface area contributed by atoms with Gasteiger partial charge in [-0.1, -0.05) is 34.1 Å². The van der Waals surface area contributed by atoms with Crippen LogP contribution < -0.4 is 9.47 Å². The lowest BCUT2D eigenvalue weighted by molar-refractivity contribution is 0.242. The lowest BCUT2D eigenvalue weighted by Gasteiger charge is -2.16. The molecule has 0 spiro atoms. The van der Waals surface area contributed by atoms with Crippen LogP contribution in [0.2, 0.25) is 0 Å². The van der Waals surface area contributed by atoms with Crippen molar-refractivity contribution in [3.63, 3.8) is 0 Å². The second kappa shape index (κ2) is 7.19. The lowest BCUT2D eigenvalue weighted by Crippen LogP contribution is -2.05. The normalized spacial score (nSPS) is 12.3. The van der Waals surface area contributed by atoms with Crippen LogP contribution in [0.3, 0.4) is 0 Å². The Morgan fingerprint density at radius 1 is 1.05 bits per heavy atom. The molecule has 0 saturated heterocycles. The van der Waals surface area contributed by atoms with Crippen molar-refractivity contribution in [1.82, 2.24) is 0 Å². The highest BCUT2D eigenvalue weighted by atomic mass is 79.9. The number of methoxy groups -OCH3 is 1. The van der Waals surface area contributed by atoms with E-state index in [0.29, 0.717) is 0 Å². The van der Waals surface area contributed by atoms with E-state index < -0.39 is 0 Å². The van der Waals surface area contributed by atoms with Crippen LogP contribution >= 0.6 is 27.5 Å². The fourth-order valence-electron chi connectivity index (χ4n) is 2.06. The van der Waals surface area contributed by atoms with Gasteiger partial charge in [-0.25, -0.2) is 0 Å². The first kappa shape index (κ1) is 16.2. The minimum atomic E-state index is -0.263. The van der Waals surface area contributed by atoms with Gasteiger partial charge in [0.15, 0.2) is 0 Å². The van der Waals surface area contributed by atoms with Gasteiger partial charge in [0.2, 0.25) is 0 Å². The van der Waals surface area contributed by atoms with Crippen molar-refractivity contribution in [2.75, 3.05) is 7.11 Å². The molecule has 2 aromatic rings. The van der Waals surface area contributed by atoms with E-state index in [1.807, 2.05) is 56.3 Å². The summed E-state index contributed by atoms with van der Waals surface area (Å²) in [5.74, 6) is 1.62.